The number of H-pyrrole nitrogens is 1. The van der Waals surface area contributed by atoms with Crippen LogP contribution in [0.3, 0.4) is 0 Å². The van der Waals surface area contributed by atoms with Crippen LogP contribution < -0.4 is 16.4 Å². The normalized spacial score (nSPS) is 11.4. The van der Waals surface area contributed by atoms with Gasteiger partial charge in [-0.2, -0.15) is 18.2 Å². The van der Waals surface area contributed by atoms with Crippen LogP contribution in [0.4, 0.5) is 36.3 Å². The summed E-state index contributed by atoms with van der Waals surface area (Å²) in [5.41, 5.74) is 5.75. The second-order valence-corrected chi connectivity index (χ2v) is 6.45. The average Bonchev–Trinajstić information content (AvgIpc) is 3.10. The molecule has 2 aromatic heterocycles. The third kappa shape index (κ3) is 5.09. The number of imidazole rings is 1. The molecule has 0 radical (unpaired) electrons. The predicted molar refractivity (Wildman–Crippen MR) is 99.7 cm³/mol. The largest absolute Gasteiger partial charge is 0.416 e. The summed E-state index contributed by atoms with van der Waals surface area (Å²) in [5, 5.41) is 5.88. The number of nitrogens with two attached hydrogens (primary N) is 1. The first-order valence-corrected chi connectivity index (χ1v) is 8.59. The van der Waals surface area contributed by atoms with Crippen LogP contribution in [-0.4, -0.2) is 26.5 Å². The summed E-state index contributed by atoms with van der Waals surface area (Å²) in [4.78, 5) is 15.3. The quantitative estimate of drug-likeness (QED) is 0.431. The van der Waals surface area contributed by atoms with Crippen LogP contribution in [-0.2, 0) is 12.6 Å². The monoisotopic (exact) mass is 441 g/mol. The summed E-state index contributed by atoms with van der Waals surface area (Å²) in [6, 6.07) is 3.20. The Morgan fingerprint density at radius 3 is 2.70 bits per heavy atom. The summed E-state index contributed by atoms with van der Waals surface area (Å²) >= 11 is 3.34. The van der Waals surface area contributed by atoms with Crippen molar-refractivity contribution >= 4 is 39.1 Å². The number of nitrogens with zero attached hydrogens (tertiary/aromatic N) is 3. The predicted octanol–water partition coefficient (Wildman–Crippen LogP) is 3.96. The number of benzene rings is 1. The van der Waals surface area contributed by atoms with E-state index < -0.39 is 11.7 Å². The Hall–Kier alpha value is -2.82. The number of nitrogen functional groups attached to an aromatic ring is 1. The SMILES string of the molecule is Nc1cc(Nc2ncc(Br)c(NCCc3c[nH]cn3)n2)cc(C(F)(F)F)c1. The molecule has 0 atom stereocenters. The van der Waals surface area contributed by atoms with Gasteiger partial charge < -0.3 is 21.4 Å². The highest BCUT2D eigenvalue weighted by Gasteiger charge is 2.31. The molecular weight excluding hydrogens is 427 g/mol. The third-order valence-electron chi connectivity index (χ3n) is 3.51. The Morgan fingerprint density at radius 1 is 1.19 bits per heavy atom. The van der Waals surface area contributed by atoms with Gasteiger partial charge in [0, 0.05) is 36.7 Å². The fourth-order valence-corrected chi connectivity index (χ4v) is 2.64. The fraction of sp³-hybridized carbons (Fsp3) is 0.188. The van der Waals surface area contributed by atoms with Gasteiger partial charge in [0.05, 0.1) is 22.1 Å². The topological polar surface area (TPSA) is 105 Å². The second-order valence-electron chi connectivity index (χ2n) is 5.59. The van der Waals surface area contributed by atoms with Gasteiger partial charge in [0.1, 0.15) is 5.82 Å². The van der Waals surface area contributed by atoms with Gasteiger partial charge in [0.2, 0.25) is 5.95 Å². The fourth-order valence-electron chi connectivity index (χ4n) is 2.30. The first-order valence-electron chi connectivity index (χ1n) is 7.80. The molecule has 0 saturated heterocycles. The number of rotatable bonds is 6. The van der Waals surface area contributed by atoms with E-state index in [4.69, 9.17) is 5.73 Å². The molecule has 0 fully saturated rings. The van der Waals surface area contributed by atoms with Crippen LogP contribution in [0.25, 0.3) is 0 Å². The molecule has 3 aromatic rings. The number of hydrogen-bond acceptors (Lipinski definition) is 6. The molecule has 142 valence electrons. The average molecular weight is 442 g/mol. The van der Waals surface area contributed by atoms with Crippen molar-refractivity contribution in [3.63, 3.8) is 0 Å². The lowest BCUT2D eigenvalue weighted by Crippen LogP contribution is -2.10. The molecule has 0 spiro atoms. The maximum Gasteiger partial charge on any atom is 0.416 e. The van der Waals surface area contributed by atoms with E-state index in [-0.39, 0.29) is 17.3 Å². The number of anilines is 4. The Kier molecular flexibility index (Phi) is 5.49. The summed E-state index contributed by atoms with van der Waals surface area (Å²) in [6.45, 7) is 0.566. The van der Waals surface area contributed by atoms with E-state index in [1.54, 1.807) is 12.5 Å². The minimum absolute atomic E-state index is 0.0122. The zero-order chi connectivity index (χ0) is 19.4. The zero-order valence-corrected chi connectivity index (χ0v) is 15.4. The molecule has 0 aliphatic heterocycles. The van der Waals surface area contributed by atoms with E-state index in [9.17, 15) is 13.2 Å². The first-order chi connectivity index (χ1) is 12.8. The van der Waals surface area contributed by atoms with Crippen molar-refractivity contribution in [1.29, 1.82) is 0 Å². The van der Waals surface area contributed by atoms with Gasteiger partial charge in [-0.3, -0.25) is 0 Å². The van der Waals surface area contributed by atoms with Crippen molar-refractivity contribution < 1.29 is 13.2 Å². The summed E-state index contributed by atoms with van der Waals surface area (Å²) in [7, 11) is 0. The molecule has 5 N–H and O–H groups in total. The number of alkyl halides is 3. The second kappa shape index (κ2) is 7.82. The summed E-state index contributed by atoms with van der Waals surface area (Å²) in [5.74, 6) is 0.641. The Labute approximate surface area is 160 Å². The third-order valence-corrected chi connectivity index (χ3v) is 4.09. The van der Waals surface area contributed by atoms with E-state index >= 15 is 0 Å². The molecule has 3 rings (SSSR count). The summed E-state index contributed by atoms with van der Waals surface area (Å²) < 4.78 is 39.4. The number of aromatic amines is 1. The van der Waals surface area contributed by atoms with Crippen LogP contribution in [0.2, 0.25) is 0 Å². The smallest absolute Gasteiger partial charge is 0.399 e. The van der Waals surface area contributed by atoms with Crippen LogP contribution >= 0.6 is 15.9 Å². The Bertz CT molecular complexity index is 913. The van der Waals surface area contributed by atoms with Crippen molar-refractivity contribution in [2.24, 2.45) is 0 Å². The van der Waals surface area contributed by atoms with Crippen molar-refractivity contribution in [2.45, 2.75) is 12.6 Å². The number of hydrogen-bond donors (Lipinski definition) is 4. The van der Waals surface area contributed by atoms with Gasteiger partial charge in [0.15, 0.2) is 0 Å². The van der Waals surface area contributed by atoms with Crippen LogP contribution in [0, 0.1) is 0 Å². The number of aromatic nitrogens is 4. The first kappa shape index (κ1) is 19.0. The van der Waals surface area contributed by atoms with Crippen molar-refractivity contribution in [2.75, 3.05) is 22.9 Å². The van der Waals surface area contributed by atoms with Crippen molar-refractivity contribution in [1.82, 2.24) is 19.9 Å². The van der Waals surface area contributed by atoms with Crippen LogP contribution in [0.1, 0.15) is 11.3 Å². The van der Waals surface area contributed by atoms with Gasteiger partial charge in [0.25, 0.3) is 0 Å². The molecule has 0 aliphatic carbocycles. The molecule has 0 saturated carbocycles. The minimum atomic E-state index is -4.49. The molecule has 0 unspecified atom stereocenters. The minimum Gasteiger partial charge on any atom is -0.399 e. The maximum atomic E-state index is 12.9. The van der Waals surface area contributed by atoms with Gasteiger partial charge in [-0.25, -0.2) is 9.97 Å². The molecule has 11 heteroatoms. The van der Waals surface area contributed by atoms with Gasteiger partial charge in [-0.15, -0.1) is 0 Å². The number of nitrogens with one attached hydrogen (secondary N) is 3. The molecule has 2 heterocycles. The van der Waals surface area contributed by atoms with Crippen LogP contribution in [0.5, 0.6) is 0 Å². The van der Waals surface area contributed by atoms with Gasteiger partial charge in [-0.05, 0) is 34.1 Å². The molecule has 0 bridgehead atoms. The van der Waals surface area contributed by atoms with Crippen molar-refractivity contribution in [3.8, 4) is 0 Å². The zero-order valence-electron chi connectivity index (χ0n) is 13.8. The lowest BCUT2D eigenvalue weighted by atomic mass is 10.1. The van der Waals surface area contributed by atoms with E-state index in [0.29, 0.717) is 23.3 Å². The highest BCUT2D eigenvalue weighted by molar-refractivity contribution is 9.10. The van der Waals surface area contributed by atoms with Crippen molar-refractivity contribution in [3.05, 3.63) is 52.7 Å². The van der Waals surface area contributed by atoms with E-state index in [1.165, 1.54) is 12.3 Å². The van der Waals surface area contributed by atoms with Gasteiger partial charge in [-0.1, -0.05) is 0 Å². The maximum absolute atomic E-state index is 12.9. The van der Waals surface area contributed by atoms with Crippen LogP contribution in [0.15, 0.2) is 41.4 Å². The molecule has 7 nitrogen and oxygen atoms in total. The number of halogens is 4. The van der Waals surface area contributed by atoms with E-state index in [2.05, 4.69) is 46.5 Å². The molecule has 27 heavy (non-hydrogen) atoms. The highest BCUT2D eigenvalue weighted by atomic mass is 79.9. The Morgan fingerprint density at radius 2 is 2.00 bits per heavy atom. The lowest BCUT2D eigenvalue weighted by molar-refractivity contribution is -0.137. The highest BCUT2D eigenvalue weighted by Crippen LogP contribution is 2.33. The van der Waals surface area contributed by atoms with Gasteiger partial charge >= 0.3 is 6.18 Å². The van der Waals surface area contributed by atoms with E-state index in [1.807, 2.05) is 0 Å². The summed E-state index contributed by atoms with van der Waals surface area (Å²) in [6.07, 6.45) is 1.07. The standard InChI is InChI=1S/C16H15BrF3N7/c17-13-7-24-15(27-14(13)23-2-1-11-6-22-8-25-11)26-12-4-9(16(18,19)20)3-10(21)5-12/h3-8H,1-2,21H2,(H,22,25)(H2,23,24,26,27). The molecule has 0 aliphatic rings. The molecule has 1 aromatic carbocycles. The van der Waals surface area contributed by atoms with E-state index in [0.717, 1.165) is 17.8 Å². The molecule has 0 amide bonds. The molecular formula is C16H15BrF3N7. The Balaban J connectivity index is 1.73. The lowest BCUT2D eigenvalue weighted by Gasteiger charge is -2.13.